The van der Waals surface area contributed by atoms with E-state index in [2.05, 4.69) is 37.3 Å². The summed E-state index contributed by atoms with van der Waals surface area (Å²) in [7, 11) is 0. The van der Waals surface area contributed by atoms with Gasteiger partial charge in [0.25, 0.3) is 5.91 Å². The summed E-state index contributed by atoms with van der Waals surface area (Å²) in [5.74, 6) is 0.699. The first kappa shape index (κ1) is 29.6. The summed E-state index contributed by atoms with van der Waals surface area (Å²) < 4.78 is 5.77. The number of carbonyl (C=O) groups is 2. The Kier molecular flexibility index (Phi) is 7.92. The van der Waals surface area contributed by atoms with Gasteiger partial charge in [-0.3, -0.25) is 9.59 Å². The van der Waals surface area contributed by atoms with Crippen LogP contribution in [0.25, 0.3) is 0 Å². The molecule has 1 aliphatic heterocycles. The van der Waals surface area contributed by atoms with E-state index < -0.39 is 17.6 Å². The van der Waals surface area contributed by atoms with Crippen molar-refractivity contribution in [1.29, 1.82) is 0 Å². The molecule has 5 aliphatic rings. The third-order valence-corrected chi connectivity index (χ3v) is 12.0. The van der Waals surface area contributed by atoms with Gasteiger partial charge in [0.2, 0.25) is 0 Å². The summed E-state index contributed by atoms with van der Waals surface area (Å²) >= 11 is 0. The van der Waals surface area contributed by atoms with Crippen LogP contribution in [0.5, 0.6) is 0 Å². The average Bonchev–Trinajstić information content (AvgIpc) is 3.11. The van der Waals surface area contributed by atoms with Crippen molar-refractivity contribution in [2.45, 2.75) is 122 Å². The highest BCUT2D eigenvalue weighted by Crippen LogP contribution is 2.67. The Bertz CT molecular complexity index is 1070. The monoisotopic (exact) mass is 558 g/mol. The van der Waals surface area contributed by atoms with Crippen LogP contribution >= 0.6 is 0 Å². The number of amides is 1. The highest BCUT2D eigenvalue weighted by molar-refractivity contribution is 5.96. The van der Waals surface area contributed by atoms with Gasteiger partial charge in [0.05, 0.1) is 23.3 Å². The van der Waals surface area contributed by atoms with E-state index in [4.69, 9.17) is 9.57 Å². The Hall–Kier alpha value is -1.93. The van der Waals surface area contributed by atoms with E-state index in [0.29, 0.717) is 30.8 Å². The number of fused-ring (bicyclic) bond motifs is 5. The second kappa shape index (κ2) is 10.7. The summed E-state index contributed by atoms with van der Waals surface area (Å²) in [5.41, 5.74) is 1.66. The largest absolute Gasteiger partial charge is 0.481 e. The molecule has 0 unspecified atom stereocenters. The smallest absolute Gasteiger partial charge is 0.305 e. The third-order valence-electron chi connectivity index (χ3n) is 12.0. The minimum atomic E-state index is -0.928. The predicted molar refractivity (Wildman–Crippen MR) is 153 cm³/mol. The zero-order chi connectivity index (χ0) is 28.9. The fourth-order valence-corrected chi connectivity index (χ4v) is 9.45. The minimum Gasteiger partial charge on any atom is -0.481 e. The molecule has 5 rings (SSSR count). The van der Waals surface area contributed by atoms with Crippen molar-refractivity contribution in [2.24, 2.45) is 39.7 Å². The first-order valence-corrected chi connectivity index (χ1v) is 15.5. The Morgan fingerprint density at radius 1 is 1.07 bits per heavy atom. The quantitative estimate of drug-likeness (QED) is 0.368. The van der Waals surface area contributed by atoms with Crippen LogP contribution in [0.4, 0.5) is 0 Å². The van der Waals surface area contributed by atoms with Gasteiger partial charge in [0.15, 0.2) is 6.61 Å². The van der Waals surface area contributed by atoms with Crippen LogP contribution < -0.4 is 5.32 Å². The molecule has 0 spiro atoms. The number of allylic oxidation sites excluding steroid dienone is 2. The number of ether oxygens (including phenoxy) is 1. The molecule has 3 N–H and O–H groups in total. The fourth-order valence-electron chi connectivity index (χ4n) is 9.45. The van der Waals surface area contributed by atoms with Crippen LogP contribution in [0.1, 0.15) is 105 Å². The summed E-state index contributed by atoms with van der Waals surface area (Å²) in [4.78, 5) is 29.7. The van der Waals surface area contributed by atoms with Crippen LogP contribution in [0.3, 0.4) is 0 Å². The van der Waals surface area contributed by atoms with E-state index in [-0.39, 0.29) is 41.3 Å². The van der Waals surface area contributed by atoms with Crippen LogP contribution in [-0.2, 0) is 19.2 Å². The molecule has 8 nitrogen and oxygen atoms in total. The van der Waals surface area contributed by atoms with Gasteiger partial charge in [-0.05, 0) is 126 Å². The molecule has 3 saturated carbocycles. The molecule has 8 atom stereocenters. The number of carboxylic acids is 1. The van der Waals surface area contributed by atoms with Crippen molar-refractivity contribution >= 4 is 17.6 Å². The van der Waals surface area contributed by atoms with Crippen LogP contribution in [0.15, 0.2) is 16.8 Å². The molecule has 8 heteroatoms. The zero-order valence-corrected chi connectivity index (χ0v) is 25.1. The molecule has 0 aromatic carbocycles. The molecule has 0 radical (unpaired) electrons. The number of oxime groups is 1. The Labute approximate surface area is 239 Å². The number of aliphatic carboxylic acids is 1. The highest BCUT2D eigenvalue weighted by atomic mass is 16.6. The SMILES string of the molecule is CC1(C)C[C@H]([C@H](CC(=O)O)NC(=O)CON=C2C=C3CC[C@H]4[C@H]5CC[C@](C)(O)[C@@]5(C)CC[C@@H]4[C@@]3(C)CC2)CCO1. The molecule has 1 heterocycles. The average molecular weight is 559 g/mol. The lowest BCUT2D eigenvalue weighted by molar-refractivity contribution is -0.139. The maximum absolute atomic E-state index is 12.7. The Morgan fingerprint density at radius 3 is 2.55 bits per heavy atom. The third kappa shape index (κ3) is 5.47. The molecule has 224 valence electrons. The number of carbonyl (C=O) groups excluding carboxylic acids is 1. The Balaban J connectivity index is 1.19. The fraction of sp³-hybridized carbons (Fsp3) is 0.844. The van der Waals surface area contributed by atoms with Gasteiger partial charge in [0.1, 0.15) is 0 Å². The first-order chi connectivity index (χ1) is 18.7. The zero-order valence-electron chi connectivity index (χ0n) is 25.1. The summed E-state index contributed by atoms with van der Waals surface area (Å²) in [6.45, 7) is 11.2. The molecule has 1 saturated heterocycles. The minimum absolute atomic E-state index is 0.0336. The standard InChI is InChI=1S/C32H50N2O6/c1-29(2)18-20(11-15-39-29)26(17-28(36)37)33-27(35)19-40-34-22-8-12-30(3)21(16-22)6-7-23-24(30)9-13-31(4)25(23)10-14-32(31,5)38/h16,20,23-26,38H,6-15,17-19H2,1-5H3,(H,33,35)(H,36,37)/t20-,23-,24+,25-,26+,30+,31+,32+/m1/s1. The topological polar surface area (TPSA) is 117 Å². The van der Waals surface area contributed by atoms with Gasteiger partial charge in [-0.15, -0.1) is 0 Å². The Morgan fingerprint density at radius 2 is 1.82 bits per heavy atom. The lowest BCUT2D eigenvalue weighted by atomic mass is 9.46. The maximum atomic E-state index is 12.7. The molecule has 0 aromatic heterocycles. The van der Waals surface area contributed by atoms with Gasteiger partial charge >= 0.3 is 5.97 Å². The number of rotatable bonds is 7. The molecule has 0 aromatic rings. The second-order valence-corrected chi connectivity index (χ2v) is 14.8. The van der Waals surface area contributed by atoms with E-state index >= 15 is 0 Å². The molecule has 4 fully saturated rings. The molecule has 40 heavy (non-hydrogen) atoms. The van der Waals surface area contributed by atoms with Crippen molar-refractivity contribution < 1.29 is 29.4 Å². The summed E-state index contributed by atoms with van der Waals surface area (Å²) in [6, 6.07) is -0.460. The van der Waals surface area contributed by atoms with Crippen molar-refractivity contribution in [1.82, 2.24) is 5.32 Å². The lowest BCUT2D eigenvalue weighted by Gasteiger charge is -2.59. The second-order valence-electron chi connectivity index (χ2n) is 14.8. The van der Waals surface area contributed by atoms with Crippen molar-refractivity contribution in [2.75, 3.05) is 13.2 Å². The first-order valence-electron chi connectivity index (χ1n) is 15.5. The van der Waals surface area contributed by atoms with Crippen LogP contribution in [0.2, 0.25) is 0 Å². The number of carboxylic acid groups (broad SMARTS) is 1. The molecule has 1 amide bonds. The van der Waals surface area contributed by atoms with Gasteiger partial charge in [-0.1, -0.05) is 24.6 Å². The van der Waals surface area contributed by atoms with E-state index in [0.717, 1.165) is 50.7 Å². The van der Waals surface area contributed by atoms with Crippen molar-refractivity contribution in [3.05, 3.63) is 11.6 Å². The maximum Gasteiger partial charge on any atom is 0.305 e. The van der Waals surface area contributed by atoms with Crippen molar-refractivity contribution in [3.8, 4) is 0 Å². The molecular weight excluding hydrogens is 508 g/mol. The van der Waals surface area contributed by atoms with Crippen LogP contribution in [-0.4, -0.2) is 58.3 Å². The van der Waals surface area contributed by atoms with Crippen LogP contribution in [0, 0.1) is 34.5 Å². The van der Waals surface area contributed by atoms with E-state index in [9.17, 15) is 19.8 Å². The molecule has 0 bridgehead atoms. The highest BCUT2D eigenvalue weighted by Gasteiger charge is 2.62. The van der Waals surface area contributed by atoms with Gasteiger partial charge in [-0.25, -0.2) is 0 Å². The number of hydrogen-bond donors (Lipinski definition) is 3. The van der Waals surface area contributed by atoms with E-state index in [1.807, 2.05) is 13.8 Å². The van der Waals surface area contributed by atoms with E-state index in [1.54, 1.807) is 0 Å². The number of nitrogens with one attached hydrogen (secondary N) is 1. The number of aliphatic hydroxyl groups is 1. The summed E-state index contributed by atoms with van der Waals surface area (Å²) in [6.07, 6.45) is 11.9. The lowest BCUT2D eigenvalue weighted by Crippen LogP contribution is -2.53. The van der Waals surface area contributed by atoms with E-state index in [1.165, 1.54) is 18.4 Å². The van der Waals surface area contributed by atoms with Gasteiger partial charge in [-0.2, -0.15) is 0 Å². The molecular formula is C32H50N2O6. The predicted octanol–water partition coefficient (Wildman–Crippen LogP) is 5.24. The van der Waals surface area contributed by atoms with Crippen molar-refractivity contribution in [3.63, 3.8) is 0 Å². The molecule has 4 aliphatic carbocycles. The number of nitrogens with zero attached hydrogens (tertiary/aromatic N) is 1. The van der Waals surface area contributed by atoms with Gasteiger partial charge < -0.3 is 25.1 Å². The summed E-state index contributed by atoms with van der Waals surface area (Å²) in [5, 5.41) is 27.8. The normalized spacial score (nSPS) is 42.1. The number of hydrogen-bond acceptors (Lipinski definition) is 6. The van der Waals surface area contributed by atoms with Gasteiger partial charge in [0, 0.05) is 12.6 Å².